The highest BCUT2D eigenvalue weighted by atomic mass is 32.1. The molecular weight excluding hydrogens is 567 g/mol. The largest absolute Gasteiger partial charge is 0.454 e. The normalized spacial score (nSPS) is 12.4. The molecule has 8 nitrogen and oxygen atoms in total. The third-order valence-electron chi connectivity index (χ3n) is 6.51. The van der Waals surface area contributed by atoms with Crippen LogP contribution in [0.15, 0.2) is 72.4 Å². The van der Waals surface area contributed by atoms with Crippen LogP contribution < -0.4 is 9.47 Å². The molecule has 12 heteroatoms. The number of benzene rings is 2. The third kappa shape index (κ3) is 7.43. The summed E-state index contributed by atoms with van der Waals surface area (Å²) in [4.78, 5) is 25.6. The van der Waals surface area contributed by atoms with Crippen LogP contribution in [-0.2, 0) is 32.4 Å². The van der Waals surface area contributed by atoms with E-state index in [1.165, 1.54) is 17.4 Å². The molecular formula is C30H26F3N5O3S. The molecule has 1 aliphatic heterocycles. The fourth-order valence-corrected chi connectivity index (χ4v) is 5.36. The average molecular weight is 594 g/mol. The lowest BCUT2D eigenvalue weighted by atomic mass is 10.1. The van der Waals surface area contributed by atoms with Crippen molar-refractivity contribution in [1.29, 1.82) is 5.26 Å². The van der Waals surface area contributed by atoms with Crippen molar-refractivity contribution in [2.24, 2.45) is 0 Å². The number of rotatable bonds is 11. The molecule has 1 aliphatic rings. The molecule has 0 spiro atoms. The minimum Gasteiger partial charge on any atom is -0.454 e. The lowest BCUT2D eigenvalue weighted by Gasteiger charge is -2.22. The fraction of sp³-hybridized carbons (Fsp3) is 0.267. The van der Waals surface area contributed by atoms with Crippen molar-refractivity contribution < 1.29 is 27.4 Å². The maximum absolute atomic E-state index is 13.4. The molecule has 216 valence electrons. The van der Waals surface area contributed by atoms with E-state index in [0.717, 1.165) is 23.3 Å². The van der Waals surface area contributed by atoms with Gasteiger partial charge in [-0.15, -0.1) is 11.3 Å². The highest BCUT2D eigenvalue weighted by Gasteiger charge is 2.30. The first-order valence-electron chi connectivity index (χ1n) is 13.0. The van der Waals surface area contributed by atoms with E-state index < -0.39 is 11.7 Å². The van der Waals surface area contributed by atoms with E-state index >= 15 is 0 Å². The Morgan fingerprint density at radius 1 is 0.976 bits per heavy atom. The number of amides is 1. The molecule has 0 saturated heterocycles. The minimum absolute atomic E-state index is 0.134. The van der Waals surface area contributed by atoms with Gasteiger partial charge in [-0.05, 0) is 41.0 Å². The number of thiazole rings is 1. The molecule has 3 heterocycles. The molecule has 42 heavy (non-hydrogen) atoms. The van der Waals surface area contributed by atoms with Crippen molar-refractivity contribution in [2.75, 3.05) is 13.3 Å². The number of hydrogen-bond donors (Lipinski definition) is 0. The summed E-state index contributed by atoms with van der Waals surface area (Å²) < 4.78 is 51.0. The van der Waals surface area contributed by atoms with Gasteiger partial charge in [-0.2, -0.15) is 18.4 Å². The van der Waals surface area contributed by atoms with E-state index in [1.807, 2.05) is 23.1 Å². The first-order valence-corrected chi connectivity index (χ1v) is 13.9. The van der Waals surface area contributed by atoms with Gasteiger partial charge < -0.3 is 14.4 Å². The zero-order valence-corrected chi connectivity index (χ0v) is 23.2. The van der Waals surface area contributed by atoms with Gasteiger partial charge in [-0.1, -0.05) is 30.3 Å². The molecule has 0 N–H and O–H groups in total. The number of carbonyl (C=O) groups is 1. The van der Waals surface area contributed by atoms with E-state index in [1.54, 1.807) is 40.9 Å². The van der Waals surface area contributed by atoms with Gasteiger partial charge in [0, 0.05) is 44.0 Å². The van der Waals surface area contributed by atoms with Crippen LogP contribution in [0.2, 0.25) is 0 Å². The monoisotopic (exact) mass is 593 g/mol. The summed E-state index contributed by atoms with van der Waals surface area (Å²) in [5, 5.41) is 11.4. The SMILES string of the molecule is N#CCCN(Cc1cccnc1)C(=O)c1csc(CN(Cc2cccc(C(F)(F)F)c2)Cc2ccc3c(c2)OCO3)n1. The van der Waals surface area contributed by atoms with Crippen LogP contribution in [0.3, 0.4) is 0 Å². The summed E-state index contributed by atoms with van der Waals surface area (Å²) in [5.74, 6) is 0.940. The van der Waals surface area contributed by atoms with Crippen molar-refractivity contribution in [3.8, 4) is 17.6 Å². The molecule has 5 rings (SSSR count). The Morgan fingerprint density at radius 3 is 2.52 bits per heavy atom. The number of ether oxygens (including phenoxy) is 2. The molecule has 0 fully saturated rings. The van der Waals surface area contributed by atoms with E-state index in [4.69, 9.17) is 14.7 Å². The molecule has 4 aromatic rings. The van der Waals surface area contributed by atoms with Crippen molar-refractivity contribution in [3.05, 3.63) is 105 Å². The van der Waals surface area contributed by atoms with E-state index in [2.05, 4.69) is 16.0 Å². The number of pyridine rings is 1. The molecule has 1 amide bonds. The minimum atomic E-state index is -4.45. The van der Waals surface area contributed by atoms with Crippen molar-refractivity contribution in [1.82, 2.24) is 19.8 Å². The van der Waals surface area contributed by atoms with Crippen LogP contribution in [0.25, 0.3) is 0 Å². The Kier molecular flexibility index (Phi) is 9.00. The van der Waals surface area contributed by atoms with Gasteiger partial charge in [0.25, 0.3) is 5.91 Å². The molecule has 0 aliphatic carbocycles. The summed E-state index contributed by atoms with van der Waals surface area (Å²) >= 11 is 1.30. The lowest BCUT2D eigenvalue weighted by molar-refractivity contribution is -0.137. The summed E-state index contributed by atoms with van der Waals surface area (Å²) in [7, 11) is 0. The van der Waals surface area contributed by atoms with Gasteiger partial charge in [0.1, 0.15) is 10.7 Å². The Labute approximate surface area is 244 Å². The second-order valence-corrected chi connectivity index (χ2v) is 10.6. The van der Waals surface area contributed by atoms with Crippen LogP contribution in [0.5, 0.6) is 11.5 Å². The standard InChI is InChI=1S/C30H26F3N5O3S/c31-30(32,33)24-6-1-4-21(12-24)15-37(16-22-7-8-26-27(13-22)41-20-40-26)18-28-36-25(19-42-28)29(39)38(11-3-9-34)17-23-5-2-10-35-14-23/h1-2,4-8,10,12-14,19H,3,11,15-18,20H2. The Balaban J connectivity index is 1.36. The predicted octanol–water partition coefficient (Wildman–Crippen LogP) is 6.04. The van der Waals surface area contributed by atoms with Gasteiger partial charge in [0.05, 0.1) is 24.6 Å². The summed E-state index contributed by atoms with van der Waals surface area (Å²) in [6, 6.07) is 16.5. The molecule has 0 saturated carbocycles. The highest BCUT2D eigenvalue weighted by molar-refractivity contribution is 7.09. The number of alkyl halides is 3. The molecule has 0 bridgehead atoms. The second-order valence-electron chi connectivity index (χ2n) is 9.65. The Bertz CT molecular complexity index is 1570. The topological polar surface area (TPSA) is 91.6 Å². The average Bonchev–Trinajstić information content (AvgIpc) is 3.64. The smallest absolute Gasteiger partial charge is 0.416 e. The maximum Gasteiger partial charge on any atom is 0.416 e. The van der Waals surface area contributed by atoms with Gasteiger partial charge >= 0.3 is 6.18 Å². The molecule has 0 radical (unpaired) electrons. The quantitative estimate of drug-likeness (QED) is 0.209. The fourth-order valence-electron chi connectivity index (χ4n) is 4.55. The van der Waals surface area contributed by atoms with Gasteiger partial charge in [-0.25, -0.2) is 4.98 Å². The molecule has 2 aromatic carbocycles. The highest BCUT2D eigenvalue weighted by Crippen LogP contribution is 2.34. The van der Waals surface area contributed by atoms with E-state index in [0.29, 0.717) is 35.2 Å². The van der Waals surface area contributed by atoms with Crippen LogP contribution in [-0.4, -0.2) is 39.0 Å². The van der Waals surface area contributed by atoms with Crippen molar-refractivity contribution in [2.45, 2.75) is 38.8 Å². The number of fused-ring (bicyclic) bond motifs is 1. The first kappa shape index (κ1) is 29.0. The number of carbonyl (C=O) groups excluding carboxylic acids is 1. The Hall–Kier alpha value is -4.47. The number of nitrogens with zero attached hydrogens (tertiary/aromatic N) is 5. The van der Waals surface area contributed by atoms with Gasteiger partial charge in [0.15, 0.2) is 11.5 Å². The lowest BCUT2D eigenvalue weighted by Crippen LogP contribution is -2.31. The van der Waals surface area contributed by atoms with E-state index in [9.17, 15) is 18.0 Å². The zero-order valence-electron chi connectivity index (χ0n) is 22.4. The number of nitriles is 1. The van der Waals surface area contributed by atoms with Crippen LogP contribution >= 0.6 is 11.3 Å². The first-order chi connectivity index (χ1) is 20.3. The third-order valence-corrected chi connectivity index (χ3v) is 7.34. The molecule has 0 unspecified atom stereocenters. The predicted molar refractivity (Wildman–Crippen MR) is 148 cm³/mol. The Morgan fingerprint density at radius 2 is 1.76 bits per heavy atom. The molecule has 2 aromatic heterocycles. The maximum atomic E-state index is 13.4. The van der Waals surface area contributed by atoms with Crippen molar-refractivity contribution >= 4 is 17.2 Å². The zero-order chi connectivity index (χ0) is 29.5. The summed E-state index contributed by atoms with van der Waals surface area (Å²) in [6.07, 6.45) is -0.966. The van der Waals surface area contributed by atoms with E-state index in [-0.39, 0.29) is 44.4 Å². The number of halogens is 3. The van der Waals surface area contributed by atoms with Crippen LogP contribution in [0.4, 0.5) is 13.2 Å². The van der Waals surface area contributed by atoms with Crippen LogP contribution in [0.1, 0.15) is 44.2 Å². The molecule has 0 atom stereocenters. The number of hydrogen-bond acceptors (Lipinski definition) is 8. The summed E-state index contributed by atoms with van der Waals surface area (Å²) in [5.41, 5.74) is 1.75. The second kappa shape index (κ2) is 13.0. The van der Waals surface area contributed by atoms with Crippen LogP contribution in [0, 0.1) is 11.3 Å². The van der Waals surface area contributed by atoms with Gasteiger partial charge in [0.2, 0.25) is 6.79 Å². The van der Waals surface area contributed by atoms with Crippen molar-refractivity contribution in [3.63, 3.8) is 0 Å². The van der Waals surface area contributed by atoms with Gasteiger partial charge in [-0.3, -0.25) is 14.7 Å². The number of aromatic nitrogens is 2. The summed E-state index contributed by atoms with van der Waals surface area (Å²) in [6.45, 7) is 1.57.